The molecule has 3 nitrogen and oxygen atoms in total. The van der Waals surface area contributed by atoms with E-state index in [1.807, 2.05) is 26.0 Å². The van der Waals surface area contributed by atoms with Gasteiger partial charge in [0.2, 0.25) is 0 Å². The summed E-state index contributed by atoms with van der Waals surface area (Å²) >= 11 is 1.36. The van der Waals surface area contributed by atoms with Gasteiger partial charge in [0.15, 0.2) is 5.69 Å². The van der Waals surface area contributed by atoms with Crippen LogP contribution in [0.25, 0.3) is 10.6 Å². The lowest BCUT2D eigenvalue weighted by Gasteiger charge is -2.02. The normalized spacial score (nSPS) is 10.4. The summed E-state index contributed by atoms with van der Waals surface area (Å²) < 4.78 is 0. The Bertz CT molecular complexity index is 546. The highest BCUT2D eigenvalue weighted by Crippen LogP contribution is 2.27. The molecule has 0 saturated heterocycles. The molecule has 2 rings (SSSR count). The fourth-order valence-electron chi connectivity index (χ4n) is 1.55. The highest BCUT2D eigenvalue weighted by atomic mass is 32.1. The smallest absolute Gasteiger partial charge is 0.355 e. The maximum atomic E-state index is 10.7. The molecule has 0 atom stereocenters. The van der Waals surface area contributed by atoms with Crippen LogP contribution >= 0.6 is 11.3 Å². The second-order valence-corrected chi connectivity index (χ2v) is 4.52. The van der Waals surface area contributed by atoms with Gasteiger partial charge in [0.05, 0.1) is 0 Å². The molecule has 82 valence electrons. The molecule has 4 heteroatoms. The first kappa shape index (κ1) is 10.8. The highest BCUT2D eigenvalue weighted by Gasteiger charge is 2.11. The number of hydrogen-bond donors (Lipinski definition) is 1. The van der Waals surface area contributed by atoms with E-state index in [1.54, 1.807) is 5.38 Å². The predicted octanol–water partition coefficient (Wildman–Crippen LogP) is 3.13. The molecule has 0 amide bonds. The van der Waals surface area contributed by atoms with E-state index in [-0.39, 0.29) is 5.69 Å². The quantitative estimate of drug-likeness (QED) is 0.867. The number of aromatic carboxylic acids is 1. The Balaban J connectivity index is 2.46. The van der Waals surface area contributed by atoms with E-state index in [0.29, 0.717) is 0 Å². The number of carboxylic acids is 1. The van der Waals surface area contributed by atoms with Gasteiger partial charge in [-0.2, -0.15) is 0 Å². The van der Waals surface area contributed by atoms with Crippen molar-refractivity contribution < 1.29 is 9.90 Å². The van der Waals surface area contributed by atoms with Crippen LogP contribution in [-0.2, 0) is 0 Å². The SMILES string of the molecule is Cc1ccc(-c2nc(C(=O)O)cs2)c(C)c1. The standard InChI is InChI=1S/C12H11NO2S/c1-7-3-4-9(8(2)5-7)11-13-10(6-16-11)12(14)15/h3-6H,1-2H3,(H,14,15). The van der Waals surface area contributed by atoms with Gasteiger partial charge in [-0.1, -0.05) is 23.8 Å². The zero-order chi connectivity index (χ0) is 11.7. The summed E-state index contributed by atoms with van der Waals surface area (Å²) in [6.45, 7) is 4.03. The van der Waals surface area contributed by atoms with E-state index >= 15 is 0 Å². The molecule has 1 aromatic carbocycles. The summed E-state index contributed by atoms with van der Waals surface area (Å²) in [6, 6.07) is 6.05. The summed E-state index contributed by atoms with van der Waals surface area (Å²) in [5.74, 6) is -0.979. The lowest BCUT2D eigenvalue weighted by molar-refractivity contribution is 0.0691. The second kappa shape index (κ2) is 4.06. The van der Waals surface area contributed by atoms with Gasteiger partial charge >= 0.3 is 5.97 Å². The van der Waals surface area contributed by atoms with Crippen LogP contribution in [0.3, 0.4) is 0 Å². The van der Waals surface area contributed by atoms with E-state index in [4.69, 9.17) is 5.11 Å². The lowest BCUT2D eigenvalue weighted by Crippen LogP contribution is -1.95. The van der Waals surface area contributed by atoms with Crippen LogP contribution in [0.15, 0.2) is 23.6 Å². The lowest BCUT2D eigenvalue weighted by atomic mass is 10.1. The van der Waals surface area contributed by atoms with Crippen molar-refractivity contribution in [2.24, 2.45) is 0 Å². The van der Waals surface area contributed by atoms with E-state index < -0.39 is 5.97 Å². The Morgan fingerprint density at radius 3 is 2.69 bits per heavy atom. The number of aryl methyl sites for hydroxylation is 2. The van der Waals surface area contributed by atoms with Gasteiger partial charge in [-0.05, 0) is 19.4 Å². The second-order valence-electron chi connectivity index (χ2n) is 3.66. The van der Waals surface area contributed by atoms with Crippen LogP contribution < -0.4 is 0 Å². The fraction of sp³-hybridized carbons (Fsp3) is 0.167. The molecule has 1 heterocycles. The first-order valence-corrected chi connectivity index (χ1v) is 5.72. The zero-order valence-electron chi connectivity index (χ0n) is 9.02. The largest absolute Gasteiger partial charge is 0.476 e. The summed E-state index contributed by atoms with van der Waals surface area (Å²) in [5.41, 5.74) is 3.42. The molecule has 0 radical (unpaired) electrons. The first-order chi connectivity index (χ1) is 7.58. The monoisotopic (exact) mass is 233 g/mol. The maximum absolute atomic E-state index is 10.7. The van der Waals surface area contributed by atoms with Crippen LogP contribution in [0.4, 0.5) is 0 Å². The van der Waals surface area contributed by atoms with Crippen molar-refractivity contribution in [3.8, 4) is 10.6 Å². The van der Waals surface area contributed by atoms with Gasteiger partial charge < -0.3 is 5.11 Å². The van der Waals surface area contributed by atoms with Crippen molar-refractivity contribution in [3.05, 3.63) is 40.4 Å². The highest BCUT2D eigenvalue weighted by molar-refractivity contribution is 7.13. The van der Waals surface area contributed by atoms with Crippen LogP contribution in [0.5, 0.6) is 0 Å². The predicted molar refractivity (Wildman–Crippen MR) is 64.0 cm³/mol. The van der Waals surface area contributed by atoms with Crippen molar-refractivity contribution in [1.82, 2.24) is 4.98 Å². The Kier molecular flexibility index (Phi) is 2.75. The summed E-state index contributed by atoms with van der Waals surface area (Å²) in [4.78, 5) is 14.8. The number of benzene rings is 1. The Morgan fingerprint density at radius 2 is 2.12 bits per heavy atom. The molecule has 1 aromatic heterocycles. The Labute approximate surface area is 97.4 Å². The third-order valence-electron chi connectivity index (χ3n) is 2.34. The van der Waals surface area contributed by atoms with E-state index in [9.17, 15) is 4.79 Å². The average molecular weight is 233 g/mol. The van der Waals surface area contributed by atoms with Gasteiger partial charge in [0, 0.05) is 10.9 Å². The van der Waals surface area contributed by atoms with Crippen LogP contribution in [-0.4, -0.2) is 16.1 Å². The molecule has 2 aromatic rings. The third-order valence-corrected chi connectivity index (χ3v) is 3.21. The molecule has 0 aliphatic heterocycles. The summed E-state index contributed by atoms with van der Waals surface area (Å²) in [6.07, 6.45) is 0. The summed E-state index contributed by atoms with van der Waals surface area (Å²) in [5, 5.41) is 11.1. The van der Waals surface area contributed by atoms with Crippen molar-refractivity contribution in [1.29, 1.82) is 0 Å². The Morgan fingerprint density at radius 1 is 1.38 bits per heavy atom. The van der Waals surface area contributed by atoms with E-state index in [0.717, 1.165) is 16.1 Å². The number of carboxylic acid groups (broad SMARTS) is 1. The van der Waals surface area contributed by atoms with Gasteiger partial charge in [0.25, 0.3) is 0 Å². The maximum Gasteiger partial charge on any atom is 0.355 e. The third kappa shape index (κ3) is 1.97. The number of carbonyl (C=O) groups is 1. The molecule has 0 aliphatic rings. The number of nitrogens with zero attached hydrogens (tertiary/aromatic N) is 1. The number of thiazole rings is 1. The van der Waals surface area contributed by atoms with E-state index in [2.05, 4.69) is 11.1 Å². The number of hydrogen-bond acceptors (Lipinski definition) is 3. The van der Waals surface area contributed by atoms with Crippen molar-refractivity contribution >= 4 is 17.3 Å². The summed E-state index contributed by atoms with van der Waals surface area (Å²) in [7, 11) is 0. The zero-order valence-corrected chi connectivity index (χ0v) is 9.84. The molecule has 0 fully saturated rings. The molecular formula is C12H11NO2S. The minimum Gasteiger partial charge on any atom is -0.476 e. The molecule has 0 saturated carbocycles. The van der Waals surface area contributed by atoms with Crippen LogP contribution in [0, 0.1) is 13.8 Å². The van der Waals surface area contributed by atoms with Crippen molar-refractivity contribution in [2.45, 2.75) is 13.8 Å². The van der Waals surface area contributed by atoms with Gasteiger partial charge in [0.1, 0.15) is 5.01 Å². The molecule has 0 unspecified atom stereocenters. The van der Waals surface area contributed by atoms with Crippen LogP contribution in [0.2, 0.25) is 0 Å². The van der Waals surface area contributed by atoms with E-state index in [1.165, 1.54) is 16.9 Å². The molecule has 16 heavy (non-hydrogen) atoms. The van der Waals surface area contributed by atoms with Gasteiger partial charge in [-0.25, -0.2) is 9.78 Å². The topological polar surface area (TPSA) is 50.2 Å². The number of rotatable bonds is 2. The van der Waals surface area contributed by atoms with Gasteiger partial charge in [-0.3, -0.25) is 0 Å². The fourth-order valence-corrected chi connectivity index (χ4v) is 2.43. The Hall–Kier alpha value is -1.68. The molecule has 0 aliphatic carbocycles. The minimum absolute atomic E-state index is 0.111. The van der Waals surface area contributed by atoms with Crippen molar-refractivity contribution in [2.75, 3.05) is 0 Å². The van der Waals surface area contributed by atoms with Crippen molar-refractivity contribution in [3.63, 3.8) is 0 Å². The molecule has 1 N–H and O–H groups in total. The molecule has 0 bridgehead atoms. The molecule has 0 spiro atoms. The average Bonchev–Trinajstić information content (AvgIpc) is 2.66. The van der Waals surface area contributed by atoms with Gasteiger partial charge in [-0.15, -0.1) is 11.3 Å². The molecular weight excluding hydrogens is 222 g/mol. The van der Waals surface area contributed by atoms with Crippen LogP contribution in [0.1, 0.15) is 21.6 Å². The minimum atomic E-state index is -0.979. The number of aromatic nitrogens is 1. The first-order valence-electron chi connectivity index (χ1n) is 4.84.